The number of benzene rings is 2. The third-order valence-electron chi connectivity index (χ3n) is 6.85. The lowest BCUT2D eigenvalue weighted by Gasteiger charge is -2.34. The molecule has 34 heavy (non-hydrogen) atoms. The van der Waals surface area contributed by atoms with E-state index in [1.807, 2.05) is 6.07 Å². The first-order valence-electron chi connectivity index (χ1n) is 11.1. The zero-order valence-electron chi connectivity index (χ0n) is 18.1. The van der Waals surface area contributed by atoms with Crippen molar-refractivity contribution < 1.29 is 22.4 Å². The molecular weight excluding hydrogens is 448 g/mol. The molecule has 2 heterocycles. The summed E-state index contributed by atoms with van der Waals surface area (Å²) < 4.78 is 56.5. The standard InChI is InChI=1S/C25H22F4N4O/c26-16-6-8-19-18(12-16)17(9-10-31-19)13-1-3-14(4-2-13)22(25(27,28)29)24-32-20-7-5-15(23(30)34)11-21(20)33-24/h5-14,22H,1-4H2,(H2,30,34)(H,32,33)/t13-,14+,22-/m1/s1. The molecular formula is C25H22F4N4O. The molecule has 176 valence electrons. The number of aromatic nitrogens is 3. The number of hydrogen-bond acceptors (Lipinski definition) is 3. The number of halogens is 4. The predicted octanol–water partition coefficient (Wildman–Crippen LogP) is 5.97. The third-order valence-corrected chi connectivity index (χ3v) is 6.85. The van der Waals surface area contributed by atoms with Gasteiger partial charge >= 0.3 is 6.18 Å². The molecule has 0 spiro atoms. The quantitative estimate of drug-likeness (QED) is 0.361. The van der Waals surface area contributed by atoms with Crippen molar-refractivity contribution in [1.29, 1.82) is 0 Å². The summed E-state index contributed by atoms with van der Waals surface area (Å²) in [5.41, 5.74) is 7.77. The molecule has 5 rings (SSSR count). The van der Waals surface area contributed by atoms with E-state index in [9.17, 15) is 22.4 Å². The Bertz CT molecular complexity index is 1370. The number of carbonyl (C=O) groups is 1. The van der Waals surface area contributed by atoms with Crippen LogP contribution in [0.5, 0.6) is 0 Å². The molecule has 1 fully saturated rings. The van der Waals surface area contributed by atoms with Gasteiger partial charge in [-0.05, 0) is 85.5 Å². The van der Waals surface area contributed by atoms with Gasteiger partial charge in [0, 0.05) is 17.1 Å². The minimum Gasteiger partial charge on any atom is -0.366 e. The fourth-order valence-corrected chi connectivity index (χ4v) is 5.23. The SMILES string of the molecule is NC(=O)c1ccc2[nH]c([C@@H]([C@H]3CC[C@@H](c4ccnc5ccc(F)cc54)CC3)C(F)(F)F)nc2c1. The maximum atomic E-state index is 14.2. The smallest absolute Gasteiger partial charge is 0.366 e. The van der Waals surface area contributed by atoms with Crippen molar-refractivity contribution in [2.24, 2.45) is 11.7 Å². The van der Waals surface area contributed by atoms with Crippen molar-refractivity contribution in [3.05, 3.63) is 71.4 Å². The highest BCUT2D eigenvalue weighted by atomic mass is 19.4. The van der Waals surface area contributed by atoms with E-state index in [1.54, 1.807) is 12.3 Å². The van der Waals surface area contributed by atoms with Crippen LogP contribution in [-0.2, 0) is 0 Å². The van der Waals surface area contributed by atoms with Gasteiger partial charge in [-0.15, -0.1) is 0 Å². The lowest BCUT2D eigenvalue weighted by molar-refractivity contribution is -0.166. The van der Waals surface area contributed by atoms with Crippen molar-refractivity contribution in [3.8, 4) is 0 Å². The maximum absolute atomic E-state index is 14.2. The number of rotatable bonds is 4. The zero-order chi connectivity index (χ0) is 24.0. The summed E-state index contributed by atoms with van der Waals surface area (Å²) in [4.78, 5) is 22.7. The number of hydrogen-bond donors (Lipinski definition) is 2. The van der Waals surface area contributed by atoms with Crippen molar-refractivity contribution in [3.63, 3.8) is 0 Å². The Labute approximate surface area is 192 Å². The van der Waals surface area contributed by atoms with Crippen LogP contribution in [0.25, 0.3) is 21.9 Å². The van der Waals surface area contributed by atoms with E-state index >= 15 is 0 Å². The van der Waals surface area contributed by atoms with Crippen molar-refractivity contribution in [2.45, 2.75) is 43.7 Å². The molecule has 1 saturated carbocycles. The van der Waals surface area contributed by atoms with Crippen molar-refractivity contribution >= 4 is 27.8 Å². The van der Waals surface area contributed by atoms with Crippen LogP contribution in [0.1, 0.15) is 59.3 Å². The topological polar surface area (TPSA) is 84.7 Å². The molecule has 0 bridgehead atoms. The number of nitrogens with one attached hydrogen (secondary N) is 1. The number of H-pyrrole nitrogens is 1. The number of fused-ring (bicyclic) bond motifs is 2. The summed E-state index contributed by atoms with van der Waals surface area (Å²) in [5.74, 6) is -3.53. The van der Waals surface area contributed by atoms with Gasteiger partial charge in [-0.3, -0.25) is 9.78 Å². The molecule has 0 radical (unpaired) electrons. The van der Waals surface area contributed by atoms with Crippen LogP contribution in [0.4, 0.5) is 17.6 Å². The second kappa shape index (κ2) is 8.38. The Morgan fingerprint density at radius 3 is 2.50 bits per heavy atom. The highest BCUT2D eigenvalue weighted by Crippen LogP contribution is 2.48. The van der Waals surface area contributed by atoms with E-state index in [0.717, 1.165) is 5.56 Å². The lowest BCUT2D eigenvalue weighted by atomic mass is 9.73. The Balaban J connectivity index is 1.41. The van der Waals surface area contributed by atoms with Gasteiger partial charge in [0.2, 0.25) is 5.91 Å². The summed E-state index contributed by atoms with van der Waals surface area (Å²) in [5, 5.41) is 0.709. The molecule has 0 aliphatic heterocycles. The number of pyridine rings is 1. The molecule has 2 aromatic heterocycles. The van der Waals surface area contributed by atoms with Crippen LogP contribution in [0.15, 0.2) is 48.7 Å². The number of carbonyl (C=O) groups excluding carboxylic acids is 1. The lowest BCUT2D eigenvalue weighted by Crippen LogP contribution is -2.31. The maximum Gasteiger partial charge on any atom is 0.399 e. The normalized spacial score (nSPS) is 20.0. The average molecular weight is 470 g/mol. The van der Waals surface area contributed by atoms with E-state index in [2.05, 4.69) is 15.0 Å². The molecule has 0 unspecified atom stereocenters. The number of primary amides is 1. The molecule has 1 amide bonds. The molecule has 2 aromatic carbocycles. The van der Waals surface area contributed by atoms with E-state index in [0.29, 0.717) is 42.1 Å². The fraction of sp³-hybridized carbons (Fsp3) is 0.320. The van der Waals surface area contributed by atoms with Gasteiger partial charge < -0.3 is 10.7 Å². The van der Waals surface area contributed by atoms with Gasteiger partial charge in [-0.1, -0.05) is 0 Å². The van der Waals surface area contributed by atoms with Crippen LogP contribution in [0.2, 0.25) is 0 Å². The number of amides is 1. The molecule has 1 aliphatic rings. The van der Waals surface area contributed by atoms with Crippen LogP contribution in [0, 0.1) is 11.7 Å². The largest absolute Gasteiger partial charge is 0.399 e. The summed E-state index contributed by atoms with van der Waals surface area (Å²) in [6.07, 6.45) is -0.994. The molecule has 5 nitrogen and oxygen atoms in total. The van der Waals surface area contributed by atoms with Crippen molar-refractivity contribution in [2.75, 3.05) is 0 Å². The van der Waals surface area contributed by atoms with E-state index < -0.39 is 23.9 Å². The van der Waals surface area contributed by atoms with Gasteiger partial charge in [-0.25, -0.2) is 9.37 Å². The Kier molecular flexibility index (Phi) is 5.50. The monoisotopic (exact) mass is 470 g/mol. The van der Waals surface area contributed by atoms with Gasteiger partial charge in [0.05, 0.1) is 16.6 Å². The third kappa shape index (κ3) is 4.10. The average Bonchev–Trinajstić information content (AvgIpc) is 3.20. The fourth-order valence-electron chi connectivity index (χ4n) is 5.23. The van der Waals surface area contributed by atoms with Gasteiger partial charge in [-0.2, -0.15) is 13.2 Å². The molecule has 1 atom stereocenters. The summed E-state index contributed by atoms with van der Waals surface area (Å²) in [6.45, 7) is 0. The Morgan fingerprint density at radius 2 is 1.79 bits per heavy atom. The molecule has 0 saturated heterocycles. The highest BCUT2D eigenvalue weighted by molar-refractivity contribution is 5.96. The zero-order valence-corrected chi connectivity index (χ0v) is 18.1. The number of nitrogens with zero attached hydrogens (tertiary/aromatic N) is 2. The van der Waals surface area contributed by atoms with Gasteiger partial charge in [0.1, 0.15) is 17.6 Å². The Hall–Kier alpha value is -3.49. The predicted molar refractivity (Wildman–Crippen MR) is 120 cm³/mol. The number of alkyl halides is 3. The van der Waals surface area contributed by atoms with E-state index in [1.165, 1.54) is 30.3 Å². The minimum atomic E-state index is -4.48. The number of imidazole rings is 1. The highest BCUT2D eigenvalue weighted by Gasteiger charge is 2.48. The minimum absolute atomic E-state index is 0.0335. The first-order valence-corrected chi connectivity index (χ1v) is 11.1. The summed E-state index contributed by atoms with van der Waals surface area (Å²) in [6, 6.07) is 10.6. The second-order valence-electron chi connectivity index (χ2n) is 8.91. The van der Waals surface area contributed by atoms with Crippen LogP contribution in [-0.4, -0.2) is 27.0 Å². The van der Waals surface area contributed by atoms with Crippen molar-refractivity contribution in [1.82, 2.24) is 15.0 Å². The number of nitrogens with two attached hydrogens (primary N) is 1. The molecule has 3 N–H and O–H groups in total. The van der Waals surface area contributed by atoms with Crippen LogP contribution < -0.4 is 5.73 Å². The second-order valence-corrected chi connectivity index (χ2v) is 8.91. The molecule has 4 aromatic rings. The first-order chi connectivity index (χ1) is 16.2. The molecule has 9 heteroatoms. The summed E-state index contributed by atoms with van der Waals surface area (Å²) in [7, 11) is 0. The number of aromatic amines is 1. The van der Waals surface area contributed by atoms with Gasteiger partial charge in [0.15, 0.2) is 0 Å². The van der Waals surface area contributed by atoms with E-state index in [-0.39, 0.29) is 28.6 Å². The first kappa shape index (κ1) is 22.3. The van der Waals surface area contributed by atoms with Gasteiger partial charge in [0.25, 0.3) is 0 Å². The summed E-state index contributed by atoms with van der Waals surface area (Å²) >= 11 is 0. The van der Waals surface area contributed by atoms with E-state index in [4.69, 9.17) is 5.73 Å². The Morgan fingerprint density at radius 1 is 1.03 bits per heavy atom. The molecule has 1 aliphatic carbocycles. The van der Waals surface area contributed by atoms with Crippen LogP contribution >= 0.6 is 0 Å². The van der Waals surface area contributed by atoms with Crippen LogP contribution in [0.3, 0.4) is 0 Å².